The highest BCUT2D eigenvalue weighted by Crippen LogP contribution is 2.22. The van der Waals surface area contributed by atoms with E-state index in [1.54, 1.807) is 12.1 Å². The van der Waals surface area contributed by atoms with Crippen molar-refractivity contribution in [3.05, 3.63) is 59.9 Å². The van der Waals surface area contributed by atoms with Crippen molar-refractivity contribution in [1.29, 1.82) is 0 Å². The van der Waals surface area contributed by atoms with Gasteiger partial charge in [-0.1, -0.05) is 12.1 Å². The Morgan fingerprint density at radius 1 is 1.00 bits per heavy atom. The van der Waals surface area contributed by atoms with Gasteiger partial charge in [0.05, 0.1) is 6.42 Å². The molecule has 0 radical (unpaired) electrons. The average Bonchev–Trinajstić information content (AvgIpc) is 2.70. The van der Waals surface area contributed by atoms with E-state index in [9.17, 15) is 9.18 Å². The molecule has 0 unspecified atom stereocenters. The maximum absolute atomic E-state index is 13.3. The minimum absolute atomic E-state index is 0.0668. The molecule has 27 heavy (non-hydrogen) atoms. The molecule has 0 aliphatic carbocycles. The van der Waals surface area contributed by atoms with Gasteiger partial charge in [0.1, 0.15) is 5.82 Å². The van der Waals surface area contributed by atoms with E-state index >= 15 is 0 Å². The molecule has 1 amide bonds. The summed E-state index contributed by atoms with van der Waals surface area (Å²) in [5, 5.41) is 0. The van der Waals surface area contributed by atoms with Crippen molar-refractivity contribution in [2.45, 2.75) is 20.3 Å². The van der Waals surface area contributed by atoms with Gasteiger partial charge in [-0.2, -0.15) is 0 Å². The van der Waals surface area contributed by atoms with E-state index in [0.29, 0.717) is 13.1 Å². The van der Waals surface area contributed by atoms with Gasteiger partial charge in [-0.05, 0) is 55.8 Å². The topological polar surface area (TPSA) is 26.8 Å². The molecule has 0 aromatic heterocycles. The van der Waals surface area contributed by atoms with Crippen molar-refractivity contribution in [3.63, 3.8) is 0 Å². The molecule has 1 heterocycles. The molecule has 3 rings (SSSR count). The summed E-state index contributed by atoms with van der Waals surface area (Å²) >= 11 is 0. The number of hydrogen-bond donors (Lipinski definition) is 0. The first-order chi connectivity index (χ1) is 13.1. The Bertz CT molecular complexity index is 750. The number of hydrogen-bond acceptors (Lipinski definition) is 3. The molecule has 0 spiro atoms. The van der Waals surface area contributed by atoms with Crippen LogP contribution in [0.3, 0.4) is 0 Å². The zero-order valence-corrected chi connectivity index (χ0v) is 16.2. The smallest absolute Gasteiger partial charge is 0.227 e. The predicted octanol–water partition coefficient (Wildman–Crippen LogP) is 3.56. The lowest BCUT2D eigenvalue weighted by Crippen LogP contribution is -2.49. The normalized spacial score (nSPS) is 14.3. The lowest BCUT2D eigenvalue weighted by atomic mass is 10.1. The van der Waals surface area contributed by atoms with E-state index in [1.807, 2.05) is 4.90 Å². The fourth-order valence-corrected chi connectivity index (χ4v) is 3.61. The Labute approximate surface area is 161 Å². The fourth-order valence-electron chi connectivity index (χ4n) is 3.61. The van der Waals surface area contributed by atoms with Gasteiger partial charge in [-0.15, -0.1) is 0 Å². The molecule has 4 nitrogen and oxygen atoms in total. The molecule has 2 aromatic rings. The van der Waals surface area contributed by atoms with E-state index in [4.69, 9.17) is 0 Å². The molecule has 0 saturated carbocycles. The van der Waals surface area contributed by atoms with Crippen LogP contribution in [0.25, 0.3) is 0 Å². The van der Waals surface area contributed by atoms with Gasteiger partial charge in [0.25, 0.3) is 0 Å². The standard InChI is InChI=1S/C22H28FN3O/c1-3-24(4-2)20-8-10-21(11-9-20)25-12-14-26(15-13-25)22(27)17-18-6-5-7-19(23)16-18/h5-11,16H,3-4,12-15,17H2,1-2H3. The number of piperazine rings is 1. The molecular formula is C22H28FN3O. The Kier molecular flexibility index (Phi) is 6.32. The van der Waals surface area contributed by atoms with Crippen LogP contribution in [0.1, 0.15) is 19.4 Å². The van der Waals surface area contributed by atoms with Gasteiger partial charge in [0.2, 0.25) is 5.91 Å². The van der Waals surface area contributed by atoms with Gasteiger partial charge in [0, 0.05) is 50.6 Å². The van der Waals surface area contributed by atoms with Crippen LogP contribution in [-0.2, 0) is 11.2 Å². The summed E-state index contributed by atoms with van der Waals surface area (Å²) in [5.41, 5.74) is 3.17. The summed E-state index contributed by atoms with van der Waals surface area (Å²) in [5.74, 6) is -0.226. The van der Waals surface area contributed by atoms with Crippen LogP contribution < -0.4 is 9.80 Å². The molecule has 0 bridgehead atoms. The zero-order chi connectivity index (χ0) is 19.2. The van der Waals surface area contributed by atoms with Crippen LogP contribution in [0.2, 0.25) is 0 Å². The Morgan fingerprint density at radius 3 is 2.26 bits per heavy atom. The second-order valence-electron chi connectivity index (χ2n) is 6.86. The van der Waals surface area contributed by atoms with E-state index in [-0.39, 0.29) is 18.1 Å². The Hall–Kier alpha value is -2.56. The number of rotatable bonds is 6. The van der Waals surface area contributed by atoms with Gasteiger partial charge in [-0.3, -0.25) is 4.79 Å². The van der Waals surface area contributed by atoms with Crippen molar-refractivity contribution in [2.75, 3.05) is 49.1 Å². The first-order valence-electron chi connectivity index (χ1n) is 9.73. The number of halogens is 1. The second-order valence-corrected chi connectivity index (χ2v) is 6.86. The van der Waals surface area contributed by atoms with Crippen LogP contribution >= 0.6 is 0 Å². The SMILES string of the molecule is CCN(CC)c1ccc(N2CCN(C(=O)Cc3cccc(F)c3)CC2)cc1. The van der Waals surface area contributed by atoms with Crippen molar-refractivity contribution < 1.29 is 9.18 Å². The highest BCUT2D eigenvalue weighted by Gasteiger charge is 2.21. The summed E-state index contributed by atoms with van der Waals surface area (Å²) < 4.78 is 13.3. The van der Waals surface area contributed by atoms with Crippen molar-refractivity contribution >= 4 is 17.3 Å². The number of anilines is 2. The first kappa shape index (κ1) is 19.2. The van der Waals surface area contributed by atoms with Gasteiger partial charge >= 0.3 is 0 Å². The van der Waals surface area contributed by atoms with E-state index in [1.165, 1.54) is 23.5 Å². The molecule has 1 saturated heterocycles. The van der Waals surface area contributed by atoms with Crippen LogP contribution in [0, 0.1) is 5.82 Å². The van der Waals surface area contributed by atoms with Crippen LogP contribution in [0.5, 0.6) is 0 Å². The van der Waals surface area contributed by atoms with Crippen molar-refractivity contribution in [2.24, 2.45) is 0 Å². The molecule has 1 aliphatic heterocycles. The highest BCUT2D eigenvalue weighted by molar-refractivity contribution is 5.79. The number of carbonyl (C=O) groups is 1. The first-order valence-corrected chi connectivity index (χ1v) is 9.73. The molecule has 0 atom stereocenters. The lowest BCUT2D eigenvalue weighted by Gasteiger charge is -2.36. The third-order valence-electron chi connectivity index (χ3n) is 5.22. The quantitative estimate of drug-likeness (QED) is 0.779. The van der Waals surface area contributed by atoms with E-state index < -0.39 is 0 Å². The highest BCUT2D eigenvalue weighted by atomic mass is 19.1. The third-order valence-corrected chi connectivity index (χ3v) is 5.22. The van der Waals surface area contributed by atoms with Gasteiger partial charge in [-0.25, -0.2) is 4.39 Å². The Morgan fingerprint density at radius 2 is 1.67 bits per heavy atom. The maximum Gasteiger partial charge on any atom is 0.227 e. The van der Waals surface area contributed by atoms with Crippen LogP contribution in [-0.4, -0.2) is 50.1 Å². The van der Waals surface area contributed by atoms with Gasteiger partial charge in [0.15, 0.2) is 0 Å². The molecule has 1 aliphatic rings. The predicted molar refractivity (Wildman–Crippen MR) is 109 cm³/mol. The van der Waals surface area contributed by atoms with E-state index in [0.717, 1.165) is 31.7 Å². The second kappa shape index (κ2) is 8.89. The summed E-state index contributed by atoms with van der Waals surface area (Å²) in [6.07, 6.45) is 0.260. The molecular weight excluding hydrogens is 341 g/mol. The minimum Gasteiger partial charge on any atom is -0.372 e. The van der Waals surface area contributed by atoms with E-state index in [2.05, 4.69) is 47.9 Å². The van der Waals surface area contributed by atoms with Crippen molar-refractivity contribution in [3.8, 4) is 0 Å². The molecule has 2 aromatic carbocycles. The minimum atomic E-state index is -0.293. The lowest BCUT2D eigenvalue weighted by molar-refractivity contribution is -0.130. The number of amides is 1. The summed E-state index contributed by atoms with van der Waals surface area (Å²) in [7, 11) is 0. The molecule has 0 N–H and O–H groups in total. The number of carbonyl (C=O) groups excluding carboxylic acids is 1. The number of benzene rings is 2. The molecule has 5 heteroatoms. The zero-order valence-electron chi connectivity index (χ0n) is 16.2. The molecule has 1 fully saturated rings. The number of nitrogens with zero attached hydrogens (tertiary/aromatic N) is 3. The fraction of sp³-hybridized carbons (Fsp3) is 0.409. The molecule has 144 valence electrons. The average molecular weight is 369 g/mol. The summed E-state index contributed by atoms with van der Waals surface area (Å²) in [6, 6.07) is 15.0. The van der Waals surface area contributed by atoms with Gasteiger partial charge < -0.3 is 14.7 Å². The largest absolute Gasteiger partial charge is 0.372 e. The third kappa shape index (κ3) is 4.79. The maximum atomic E-state index is 13.3. The van der Waals surface area contributed by atoms with Crippen LogP contribution in [0.4, 0.5) is 15.8 Å². The van der Waals surface area contributed by atoms with Crippen LogP contribution in [0.15, 0.2) is 48.5 Å². The van der Waals surface area contributed by atoms with Crippen molar-refractivity contribution in [1.82, 2.24) is 4.90 Å². The Balaban J connectivity index is 1.54. The monoisotopic (exact) mass is 369 g/mol. The summed E-state index contributed by atoms with van der Waals surface area (Å²) in [6.45, 7) is 9.37. The summed E-state index contributed by atoms with van der Waals surface area (Å²) in [4.78, 5) is 19.0.